The number of amides is 1. The van der Waals surface area contributed by atoms with E-state index < -0.39 is 95.1 Å². The van der Waals surface area contributed by atoms with Gasteiger partial charge < -0.3 is 53.8 Å². The molecule has 3 saturated heterocycles. The van der Waals surface area contributed by atoms with Crippen molar-refractivity contribution >= 4 is 34.9 Å². The molecule has 1 amide bonds. The van der Waals surface area contributed by atoms with Gasteiger partial charge in [0.05, 0.1) is 37.1 Å². The summed E-state index contributed by atoms with van der Waals surface area (Å²) in [5.74, 6) is -5.62. The number of halogens is 1. The van der Waals surface area contributed by atoms with Crippen LogP contribution in [0, 0.1) is 17.8 Å². The fourth-order valence-electron chi connectivity index (χ4n) is 8.90. The fraction of sp³-hybridized carbons (Fsp3) is 0.705. The smallest absolute Gasteiger partial charge is 0.351 e. The van der Waals surface area contributed by atoms with Gasteiger partial charge in [0.15, 0.2) is 18.7 Å². The minimum Gasteiger partial charge on any atom is -0.457 e. The second kappa shape index (κ2) is 20.3. The number of cyclic esters (lactones) is 1. The molecule has 2 aromatic heterocycles. The number of hydrogen-bond donors (Lipinski definition) is 3. The lowest BCUT2D eigenvalue weighted by Gasteiger charge is -2.47. The van der Waals surface area contributed by atoms with Crippen molar-refractivity contribution in [3.63, 3.8) is 0 Å². The number of carbonyl (C=O) groups is 3. The quantitative estimate of drug-likeness (QED) is 0.181. The molecule has 13 atom stereocenters. The highest BCUT2D eigenvalue weighted by molar-refractivity contribution is 6.08. The molecule has 0 saturated carbocycles. The van der Waals surface area contributed by atoms with Crippen molar-refractivity contribution in [3.8, 4) is 11.6 Å². The van der Waals surface area contributed by atoms with Gasteiger partial charge in [0.1, 0.15) is 47.0 Å². The first-order valence-electron chi connectivity index (χ1n) is 21.6. The number of oxazole rings is 1. The highest BCUT2D eigenvalue weighted by Gasteiger charge is 2.56. The van der Waals surface area contributed by atoms with E-state index in [1.165, 1.54) is 20.1 Å². The number of aliphatic hydroxyl groups excluding tert-OH is 1. The molecule has 0 radical (unpaired) electrons. The Morgan fingerprint density at radius 2 is 1.79 bits per heavy atom. The first-order valence-corrected chi connectivity index (χ1v) is 21.6. The largest absolute Gasteiger partial charge is 0.457 e. The second-order valence-corrected chi connectivity index (χ2v) is 17.8. The first-order chi connectivity index (χ1) is 29.5. The number of nitrogens with two attached hydrogens (primary N) is 1. The van der Waals surface area contributed by atoms with Gasteiger partial charge >= 0.3 is 5.97 Å². The summed E-state index contributed by atoms with van der Waals surface area (Å²) in [6.45, 7) is 13.1. The Hall–Kier alpha value is -4.24. The number of ether oxygens (including phenoxy) is 5. The van der Waals surface area contributed by atoms with E-state index in [0.29, 0.717) is 23.5 Å². The first kappa shape index (κ1) is 49.8. The molecule has 5 rings (SSSR count). The fourth-order valence-corrected chi connectivity index (χ4v) is 8.90. The lowest BCUT2D eigenvalue weighted by atomic mass is 9.73. The van der Waals surface area contributed by atoms with Crippen LogP contribution in [-0.4, -0.2) is 141 Å². The number of fused-ring (bicyclic) bond motifs is 5. The number of alkyl halides is 1. The Kier molecular flexibility index (Phi) is 16.0. The van der Waals surface area contributed by atoms with Gasteiger partial charge in [-0.25, -0.2) is 24.1 Å². The van der Waals surface area contributed by atoms with Crippen molar-refractivity contribution in [2.45, 2.75) is 154 Å². The van der Waals surface area contributed by atoms with Crippen LogP contribution in [0.2, 0.25) is 0 Å². The molecule has 0 spiro atoms. The summed E-state index contributed by atoms with van der Waals surface area (Å²) >= 11 is 0. The maximum atomic E-state index is 16.9. The van der Waals surface area contributed by atoms with Crippen LogP contribution < -0.4 is 5.73 Å². The number of esters is 1. The van der Waals surface area contributed by atoms with E-state index in [9.17, 15) is 24.6 Å². The average Bonchev–Trinajstić information content (AvgIpc) is 3.70. The van der Waals surface area contributed by atoms with Crippen molar-refractivity contribution in [1.82, 2.24) is 14.9 Å². The Morgan fingerprint density at radius 1 is 1.08 bits per heavy atom. The minimum atomic E-state index is -3.24. The molecule has 4 N–H and O–H groups in total. The van der Waals surface area contributed by atoms with Crippen LogP contribution in [0.4, 0.5) is 10.2 Å². The molecule has 2 bridgehead atoms. The van der Waals surface area contributed by atoms with Crippen LogP contribution in [0.3, 0.4) is 0 Å². The average molecular weight is 889 g/mol. The number of likely N-dealkylation sites (N-methyl/N-ethyl adjacent to an activating group) is 1. The maximum Gasteiger partial charge on any atom is 0.351 e. The predicted octanol–water partition coefficient (Wildman–Crippen LogP) is 4.24. The number of aromatic nitrogens is 2. The Bertz CT molecular complexity index is 1990. The lowest BCUT2D eigenvalue weighted by Crippen LogP contribution is -2.61. The van der Waals surface area contributed by atoms with Crippen molar-refractivity contribution in [2.24, 2.45) is 27.9 Å². The van der Waals surface area contributed by atoms with E-state index in [-0.39, 0.29) is 56.5 Å². The molecule has 5 heterocycles. The summed E-state index contributed by atoms with van der Waals surface area (Å²) in [4.78, 5) is 62.4. The number of carbonyl (C=O) groups excluding carboxylic acids is 3. The van der Waals surface area contributed by atoms with Crippen molar-refractivity contribution < 1.29 is 61.9 Å². The van der Waals surface area contributed by atoms with E-state index >= 15 is 4.39 Å². The third-order valence-corrected chi connectivity index (χ3v) is 12.4. The van der Waals surface area contributed by atoms with Gasteiger partial charge in [0, 0.05) is 30.0 Å². The molecule has 19 heteroatoms. The molecule has 3 fully saturated rings. The standard InChI is InChI=1S/C44H65FN6O12/c1-12-31-44(9,56)38-25(5)34(49-33(52)13-2)23(3)18-42(7,59-21-28(20-57-38)50-60-22-27-19-58-39(47-27)29-15-14-16-32(46)48-29)37(26(6)36(54)43(8,45)41(55)62-31)63-40-35(53)30(51(10)11)17-24(4)61-40/h14-16,19,23-26,30-31,35,37-38,40,53,56H,12-13,17-18,20-22H2,1-11H3,(H2,46,48)/b49-34+,50-28+/t23-,24-,25+,26+,30+,31-,35-,37-,38-,40+,42-,43+,44-/m1/s1. The molecule has 2 aromatic rings. The molecule has 0 aliphatic carbocycles. The van der Waals surface area contributed by atoms with Crippen molar-refractivity contribution in [2.75, 3.05) is 33.0 Å². The third-order valence-electron chi connectivity index (χ3n) is 12.4. The van der Waals surface area contributed by atoms with Crippen LogP contribution in [0.5, 0.6) is 0 Å². The number of oxime groups is 1. The van der Waals surface area contributed by atoms with Crippen LogP contribution in [0.15, 0.2) is 39.0 Å². The molecule has 350 valence electrons. The topological polar surface area (TPSA) is 240 Å². The highest BCUT2D eigenvalue weighted by atomic mass is 19.1. The van der Waals surface area contributed by atoms with E-state index in [0.717, 1.165) is 6.92 Å². The van der Waals surface area contributed by atoms with Crippen molar-refractivity contribution in [3.05, 3.63) is 30.2 Å². The number of ketones is 1. The van der Waals surface area contributed by atoms with Gasteiger partial charge in [0.25, 0.3) is 5.67 Å². The second-order valence-electron chi connectivity index (χ2n) is 17.8. The van der Waals surface area contributed by atoms with Crippen LogP contribution in [0.25, 0.3) is 11.6 Å². The zero-order valence-electron chi connectivity index (χ0n) is 38.2. The number of aliphatic hydroxyl groups is 2. The van der Waals surface area contributed by atoms with E-state index in [4.69, 9.17) is 38.7 Å². The lowest BCUT2D eigenvalue weighted by molar-refractivity contribution is -0.296. The van der Waals surface area contributed by atoms with Crippen LogP contribution in [-0.2, 0) is 49.5 Å². The van der Waals surface area contributed by atoms with Gasteiger partial charge in [-0.15, -0.1) is 0 Å². The number of rotatable bonds is 9. The number of pyridine rings is 1. The number of hydrogen-bond acceptors (Lipinski definition) is 17. The van der Waals surface area contributed by atoms with Gasteiger partial charge in [-0.3, -0.25) is 9.59 Å². The summed E-state index contributed by atoms with van der Waals surface area (Å²) in [5.41, 5.74) is 0.191. The molecular formula is C44H65FN6O12. The third kappa shape index (κ3) is 11.2. The van der Waals surface area contributed by atoms with E-state index in [1.54, 1.807) is 45.9 Å². The number of nitrogens with zero attached hydrogens (tertiary/aromatic N) is 5. The summed E-state index contributed by atoms with van der Waals surface area (Å²) in [5, 5.41) is 28.5. The summed E-state index contributed by atoms with van der Waals surface area (Å²) in [7, 11) is 3.62. The van der Waals surface area contributed by atoms with Crippen LogP contribution >= 0.6 is 0 Å². The molecule has 63 heavy (non-hydrogen) atoms. The minimum absolute atomic E-state index is 0.0155. The number of anilines is 1. The summed E-state index contributed by atoms with van der Waals surface area (Å²) in [6, 6.07) is 4.62. The van der Waals surface area contributed by atoms with Gasteiger partial charge in [-0.2, -0.15) is 0 Å². The molecule has 18 nitrogen and oxygen atoms in total. The zero-order valence-corrected chi connectivity index (χ0v) is 38.2. The van der Waals surface area contributed by atoms with Gasteiger partial charge in [-0.1, -0.05) is 45.8 Å². The molecule has 3 aliphatic heterocycles. The van der Waals surface area contributed by atoms with E-state index in [2.05, 4.69) is 20.1 Å². The van der Waals surface area contributed by atoms with E-state index in [1.807, 2.05) is 32.8 Å². The SMILES string of the molecule is CCC(=O)/N=C1\[C@H](C)C[C@@]2(C)OC/C(=N/OCc3coc(-c4cccc(N)n4)n3)CO[C@H]([C@H]1C)[C@](C)(O)[C@@H](CC)OC(=O)[C@@](C)(F)C(=O)[C@H](C)[C@H]2O[C@@H]1O[C@H](C)C[C@H](N(C)C)[C@H]1O. The number of aliphatic imine (C=N–C) groups is 1. The molecule has 0 aromatic carbocycles. The predicted molar refractivity (Wildman–Crippen MR) is 228 cm³/mol. The zero-order chi connectivity index (χ0) is 46.6. The summed E-state index contributed by atoms with van der Waals surface area (Å²) < 4.78 is 54.5. The number of Topliss-reactive ketones (excluding diaryl/α,β-unsaturated/α-hetero) is 1. The highest BCUT2D eigenvalue weighted by Crippen LogP contribution is 2.41. The Balaban J connectivity index is 1.67. The Labute approximate surface area is 368 Å². The maximum absolute atomic E-state index is 16.9. The summed E-state index contributed by atoms with van der Waals surface area (Å²) in [6.07, 6.45) is -5.20. The normalized spacial score (nSPS) is 37.6. The monoisotopic (exact) mass is 888 g/mol. The molecule has 3 aliphatic rings. The Morgan fingerprint density at radius 3 is 2.44 bits per heavy atom. The molecule has 0 unspecified atom stereocenters. The van der Waals surface area contributed by atoms with Crippen LogP contribution in [0.1, 0.15) is 93.7 Å². The van der Waals surface area contributed by atoms with Gasteiger partial charge in [0.2, 0.25) is 11.8 Å². The van der Waals surface area contributed by atoms with Crippen molar-refractivity contribution in [1.29, 1.82) is 0 Å². The number of nitrogen functional groups attached to an aromatic ring is 1. The van der Waals surface area contributed by atoms with Gasteiger partial charge in [-0.05, 0) is 79.1 Å². The molecular weight excluding hydrogens is 824 g/mol.